The van der Waals surface area contributed by atoms with Gasteiger partial charge in [0.05, 0.1) is 45.5 Å². The van der Waals surface area contributed by atoms with Gasteiger partial charge in [-0.2, -0.15) is 12.7 Å². The lowest BCUT2D eigenvalue weighted by Crippen LogP contribution is -2.60. The summed E-state index contributed by atoms with van der Waals surface area (Å²) in [5, 5.41) is 28.6. The molecule has 0 saturated carbocycles. The first kappa shape index (κ1) is 56.4. The highest BCUT2D eigenvalue weighted by molar-refractivity contribution is 7.90. The van der Waals surface area contributed by atoms with Crippen molar-refractivity contribution in [1.29, 1.82) is 0 Å². The first-order valence-corrected chi connectivity index (χ1v) is 28.3. The van der Waals surface area contributed by atoms with Crippen LogP contribution in [0.1, 0.15) is 67.2 Å². The Balaban J connectivity index is 0.719. The van der Waals surface area contributed by atoms with Gasteiger partial charge >= 0.3 is 10.2 Å². The average Bonchev–Trinajstić information content (AvgIpc) is 4.25. The van der Waals surface area contributed by atoms with Crippen molar-refractivity contribution in [3.05, 3.63) is 119 Å². The second kappa shape index (κ2) is 24.0. The molecule has 3 aliphatic heterocycles. The van der Waals surface area contributed by atoms with Crippen molar-refractivity contribution in [2.45, 2.75) is 84.1 Å². The number of hydrogen-bond donors (Lipinski definition) is 6. The van der Waals surface area contributed by atoms with E-state index in [4.69, 9.17) is 4.74 Å². The van der Waals surface area contributed by atoms with Crippen molar-refractivity contribution in [3.8, 4) is 21.6 Å². The Labute approximate surface area is 455 Å². The van der Waals surface area contributed by atoms with Crippen molar-refractivity contribution in [1.82, 2.24) is 39.7 Å². The van der Waals surface area contributed by atoms with Gasteiger partial charge in [-0.15, -0.1) is 11.3 Å². The Morgan fingerprint density at radius 2 is 1.68 bits per heavy atom. The normalized spacial score (nSPS) is 19.6. The van der Waals surface area contributed by atoms with Gasteiger partial charge in [0.2, 0.25) is 17.6 Å². The number of carbonyl (C=O) groups is 3. The zero-order valence-corrected chi connectivity index (χ0v) is 45.5. The minimum absolute atomic E-state index is 0.00826. The fourth-order valence-corrected chi connectivity index (χ4v) is 12.4. The molecule has 416 valence electrons. The maximum absolute atomic E-state index is 15.8. The molecule has 0 bridgehead atoms. The number of aromatic nitrogens is 3. The number of aromatic amines is 1. The number of anilines is 2. The van der Waals surface area contributed by atoms with E-state index in [1.54, 1.807) is 28.5 Å². The number of thiazole rings is 1. The quantitative estimate of drug-likeness (QED) is 0.0382. The van der Waals surface area contributed by atoms with E-state index in [0.717, 1.165) is 82.1 Å². The number of rotatable bonds is 20. The molecule has 0 aliphatic carbocycles. The van der Waals surface area contributed by atoms with Crippen LogP contribution in [0.5, 0.6) is 0 Å². The SMILES string of the molecule is Cc1ncsc1-c1ccc(CNC(=O)[C@@H]2C[C@@H](O)CN2C(O)[C@@H](NC(=O)COCCCN2CCN(c3ccc(-c4cnc5[nH]cc(C(=O)c6c(F)ccc(NS(=O)(=O)N7CC[C@@H](F)C7)c6F)c5c4)cc3)CC2)C(C)(C)C)cc1. The zero-order chi connectivity index (χ0) is 55.5. The van der Waals surface area contributed by atoms with E-state index < -0.39 is 87.3 Å². The highest BCUT2D eigenvalue weighted by Gasteiger charge is 2.45. The zero-order valence-electron chi connectivity index (χ0n) is 43.8. The van der Waals surface area contributed by atoms with Crippen LogP contribution in [-0.4, -0.2) is 161 Å². The highest BCUT2D eigenvalue weighted by atomic mass is 32.2. The van der Waals surface area contributed by atoms with Crippen molar-refractivity contribution >= 4 is 61.6 Å². The number of carbonyl (C=O) groups excluding carboxylic acids is 3. The van der Waals surface area contributed by atoms with Crippen LogP contribution in [0.15, 0.2) is 84.6 Å². The number of likely N-dealkylation sites (tertiary alicyclic amines) is 1. The number of amides is 2. The number of pyridine rings is 1. The van der Waals surface area contributed by atoms with E-state index in [1.807, 2.05) is 86.5 Å². The van der Waals surface area contributed by atoms with Crippen molar-refractivity contribution < 1.29 is 50.9 Å². The van der Waals surface area contributed by atoms with Gasteiger partial charge in [-0.3, -0.25) is 28.9 Å². The standard InChI is InChI=1S/C55H65F3N10O8S2/c1-33-50(77-32-62-33)36-8-6-34(7-9-36)26-61-53(72)45-25-40(69)30-68(45)54(73)51(55(2,3)4)63-46(70)31-76-23-5-17-65-19-21-66(22-20-65)39-12-10-35(11-13-39)37-24-41-42(28-60-52(41)59-27-37)49(71)47-43(57)14-15-44(48(47)58)64-78(74,75)67-18-16-38(56)29-67/h6-15,24,27-28,32,38,40,45,51,54,64,69,73H,5,16-23,25-26,29-31H2,1-4H3,(H,59,60)(H,61,72)(H,63,70)/t38-,40-,45+,51-,54?/m1/s1. The number of hydrogen-bond acceptors (Lipinski definition) is 14. The summed E-state index contributed by atoms with van der Waals surface area (Å²) < 4.78 is 79.0. The number of aliphatic hydroxyl groups is 2. The number of nitrogens with zero attached hydrogens (tertiary/aromatic N) is 6. The third kappa shape index (κ3) is 12.9. The van der Waals surface area contributed by atoms with E-state index in [2.05, 4.69) is 35.4 Å². The third-order valence-corrected chi connectivity index (χ3v) is 17.1. The summed E-state index contributed by atoms with van der Waals surface area (Å²) in [6.45, 7) is 11.5. The Kier molecular flexibility index (Phi) is 17.3. The molecule has 0 spiro atoms. The van der Waals surface area contributed by atoms with Crippen LogP contribution >= 0.6 is 11.3 Å². The molecule has 5 atom stereocenters. The van der Waals surface area contributed by atoms with E-state index in [0.29, 0.717) is 29.6 Å². The summed E-state index contributed by atoms with van der Waals surface area (Å²) >= 11 is 1.57. The molecule has 9 rings (SSSR count). The summed E-state index contributed by atoms with van der Waals surface area (Å²) in [4.78, 5) is 59.5. The van der Waals surface area contributed by atoms with E-state index in [1.165, 1.54) is 6.20 Å². The molecular weight excluding hydrogens is 1050 g/mol. The number of fused-ring (bicyclic) bond motifs is 1. The van der Waals surface area contributed by atoms with Crippen LogP contribution in [-0.2, 0) is 31.1 Å². The predicted molar refractivity (Wildman–Crippen MR) is 292 cm³/mol. The van der Waals surface area contributed by atoms with E-state index >= 15 is 8.78 Å². The summed E-state index contributed by atoms with van der Waals surface area (Å²) in [6.07, 6.45) is 0.294. The number of piperazine rings is 1. The van der Waals surface area contributed by atoms with Gasteiger partial charge in [-0.05, 0) is 78.6 Å². The lowest BCUT2D eigenvalue weighted by atomic mass is 9.85. The number of H-pyrrole nitrogens is 1. The van der Waals surface area contributed by atoms with E-state index in [-0.39, 0.29) is 50.6 Å². The number of aliphatic hydroxyl groups excluding tert-OH is 2. The van der Waals surface area contributed by atoms with Crippen molar-refractivity contribution in [2.24, 2.45) is 5.41 Å². The average molecular weight is 1120 g/mol. The summed E-state index contributed by atoms with van der Waals surface area (Å²) in [5.41, 5.74) is 5.18. The Bertz CT molecular complexity index is 3220. The molecule has 1 unspecified atom stereocenters. The van der Waals surface area contributed by atoms with Crippen LogP contribution in [0.2, 0.25) is 0 Å². The maximum atomic E-state index is 15.8. The topological polar surface area (TPSA) is 226 Å². The lowest BCUT2D eigenvalue weighted by Gasteiger charge is -2.40. The lowest BCUT2D eigenvalue weighted by molar-refractivity contribution is -0.136. The van der Waals surface area contributed by atoms with Crippen molar-refractivity contribution in [3.63, 3.8) is 0 Å². The summed E-state index contributed by atoms with van der Waals surface area (Å²) in [6, 6.07) is 17.5. The number of ether oxygens (including phenoxy) is 1. The second-order valence-corrected chi connectivity index (χ2v) is 23.7. The Morgan fingerprint density at radius 3 is 2.36 bits per heavy atom. The smallest absolute Gasteiger partial charge is 0.301 e. The number of ketones is 1. The molecular formula is C55H65F3N10O8S2. The predicted octanol–water partition coefficient (Wildman–Crippen LogP) is 6.00. The fraction of sp³-hybridized carbons (Fsp3) is 0.436. The molecule has 6 heterocycles. The van der Waals surface area contributed by atoms with Crippen LogP contribution in [0.25, 0.3) is 32.6 Å². The monoisotopic (exact) mass is 1110 g/mol. The second-order valence-electron chi connectivity index (χ2n) is 21.2. The third-order valence-electron chi connectivity index (χ3n) is 14.6. The van der Waals surface area contributed by atoms with Gasteiger partial charge in [0, 0.05) is 100 Å². The highest BCUT2D eigenvalue weighted by Crippen LogP contribution is 2.33. The number of halogens is 3. The molecule has 23 heteroatoms. The molecule has 3 aromatic heterocycles. The molecule has 0 radical (unpaired) electrons. The number of aryl methyl sites for hydroxylation is 1. The van der Waals surface area contributed by atoms with Gasteiger partial charge in [-0.25, -0.2) is 23.1 Å². The number of benzene rings is 3. The first-order valence-electron chi connectivity index (χ1n) is 26.0. The number of nitrogens with one attached hydrogen (secondary N) is 4. The number of β-amino-alcohol motifs (C(OH)–C–C–N with tert-alkyl or cyclic N) is 1. The van der Waals surface area contributed by atoms with Gasteiger partial charge in [0.15, 0.2) is 5.82 Å². The summed E-state index contributed by atoms with van der Waals surface area (Å²) in [7, 11) is -4.37. The molecule has 6 aromatic rings. The number of alkyl halides is 1. The van der Waals surface area contributed by atoms with Gasteiger partial charge in [0.1, 0.15) is 30.5 Å². The van der Waals surface area contributed by atoms with Crippen LogP contribution < -0.4 is 20.3 Å². The van der Waals surface area contributed by atoms with E-state index in [9.17, 15) is 37.4 Å². The van der Waals surface area contributed by atoms with Gasteiger partial charge in [0.25, 0.3) is 0 Å². The van der Waals surface area contributed by atoms with Crippen LogP contribution in [0.3, 0.4) is 0 Å². The summed E-state index contributed by atoms with van der Waals surface area (Å²) in [5.74, 6) is -4.33. The largest absolute Gasteiger partial charge is 0.392 e. The Hall–Kier alpha value is -6.31. The molecule has 3 saturated heterocycles. The minimum atomic E-state index is -4.37. The first-order chi connectivity index (χ1) is 37.2. The maximum Gasteiger partial charge on any atom is 0.301 e. The molecule has 3 aliphatic rings. The molecule has 2 amide bonds. The van der Waals surface area contributed by atoms with Gasteiger partial charge in [-0.1, -0.05) is 57.2 Å². The minimum Gasteiger partial charge on any atom is -0.392 e. The van der Waals surface area contributed by atoms with Gasteiger partial charge < -0.3 is 35.5 Å². The molecule has 78 heavy (non-hydrogen) atoms. The molecule has 3 aromatic carbocycles. The molecule has 6 N–H and O–H groups in total. The Morgan fingerprint density at radius 1 is 0.949 bits per heavy atom. The van der Waals surface area contributed by atoms with Crippen LogP contribution in [0.4, 0.5) is 24.5 Å². The van der Waals surface area contributed by atoms with Crippen LogP contribution in [0, 0.1) is 24.0 Å². The molecule has 18 nitrogen and oxygen atoms in total. The molecule has 3 fully saturated rings. The fourth-order valence-electron chi connectivity index (χ4n) is 10.3. The van der Waals surface area contributed by atoms with Crippen molar-refractivity contribution in [2.75, 3.05) is 75.2 Å².